The van der Waals surface area contributed by atoms with Crippen molar-refractivity contribution in [3.8, 4) is 0 Å². The predicted octanol–water partition coefficient (Wildman–Crippen LogP) is 0.843. The van der Waals surface area contributed by atoms with E-state index in [1.807, 2.05) is 45.7 Å². The van der Waals surface area contributed by atoms with Crippen LogP contribution in [0.1, 0.15) is 28.0 Å². The summed E-state index contributed by atoms with van der Waals surface area (Å²) >= 11 is 1.51. The maximum atomic E-state index is 12.7. The molecule has 1 amide bonds. The molecule has 9 heteroatoms. The summed E-state index contributed by atoms with van der Waals surface area (Å²) in [6, 6.07) is 1.89. The van der Waals surface area contributed by atoms with E-state index in [1.165, 1.54) is 11.3 Å². The Bertz CT molecular complexity index is 882. The molecule has 0 saturated heterocycles. The Morgan fingerprint density at radius 2 is 2.28 bits per heavy atom. The number of nitrogens with zero attached hydrogens (tertiary/aromatic N) is 6. The lowest BCUT2D eigenvalue weighted by Gasteiger charge is -2.26. The van der Waals surface area contributed by atoms with Crippen LogP contribution in [-0.4, -0.2) is 67.2 Å². The van der Waals surface area contributed by atoms with Crippen LogP contribution in [0.3, 0.4) is 0 Å². The van der Waals surface area contributed by atoms with Crippen LogP contribution in [-0.2, 0) is 13.1 Å². The number of amides is 1. The van der Waals surface area contributed by atoms with Crippen molar-refractivity contribution >= 4 is 22.2 Å². The molecule has 3 aromatic rings. The largest absolute Gasteiger partial charge is 0.385 e. The van der Waals surface area contributed by atoms with Crippen molar-refractivity contribution in [3.63, 3.8) is 0 Å². The molecule has 0 aromatic carbocycles. The fourth-order valence-corrected chi connectivity index (χ4v) is 3.76. The van der Waals surface area contributed by atoms with E-state index in [2.05, 4.69) is 10.1 Å². The summed E-state index contributed by atoms with van der Waals surface area (Å²) in [5, 5.41) is 16.7. The van der Waals surface area contributed by atoms with Crippen LogP contribution in [0.5, 0.6) is 0 Å². The van der Waals surface area contributed by atoms with Gasteiger partial charge in [0.1, 0.15) is 11.8 Å². The lowest BCUT2D eigenvalue weighted by atomic mass is 10.2. The smallest absolute Gasteiger partial charge is 0.274 e. The number of hydrogen-bond donors (Lipinski definition) is 1. The molecular weight excluding hydrogens is 340 g/mol. The molecule has 0 fully saturated rings. The van der Waals surface area contributed by atoms with E-state index in [0.29, 0.717) is 37.6 Å². The van der Waals surface area contributed by atoms with Gasteiger partial charge in [-0.05, 0) is 20.2 Å². The van der Waals surface area contributed by atoms with Gasteiger partial charge in [0, 0.05) is 30.9 Å². The minimum Gasteiger partial charge on any atom is -0.385 e. The van der Waals surface area contributed by atoms with E-state index >= 15 is 0 Å². The maximum Gasteiger partial charge on any atom is 0.274 e. The molecule has 0 saturated carbocycles. The van der Waals surface area contributed by atoms with Crippen LogP contribution in [0.2, 0.25) is 0 Å². The molecule has 0 bridgehead atoms. The third kappa shape index (κ3) is 3.06. The van der Waals surface area contributed by atoms with Gasteiger partial charge in [0.05, 0.1) is 24.5 Å². The second kappa shape index (κ2) is 6.25. The number of hydrogen-bond acceptors (Lipinski definition) is 6. The molecule has 4 heterocycles. The Morgan fingerprint density at radius 3 is 3.04 bits per heavy atom. The van der Waals surface area contributed by atoms with Gasteiger partial charge in [0.15, 0.2) is 4.96 Å². The Labute approximate surface area is 148 Å². The van der Waals surface area contributed by atoms with Crippen LogP contribution in [0.4, 0.5) is 0 Å². The number of carbonyl (C=O) groups excluding carboxylic acids is 1. The number of imidazole rings is 1. The number of aliphatic hydroxyl groups excluding tert-OH is 1. The van der Waals surface area contributed by atoms with Crippen LogP contribution in [0, 0.1) is 0 Å². The SMILES string of the molecule is CN(C)CC(O)c1cc2n(n1)CCN(C(=O)c1cn3ccsc3n1)C2. The zero-order valence-corrected chi connectivity index (χ0v) is 15.0. The lowest BCUT2D eigenvalue weighted by molar-refractivity contribution is 0.0700. The molecular formula is C16H20N6O2S. The molecule has 0 radical (unpaired) electrons. The quantitative estimate of drug-likeness (QED) is 0.746. The van der Waals surface area contributed by atoms with Crippen molar-refractivity contribution in [2.24, 2.45) is 0 Å². The first-order chi connectivity index (χ1) is 12.0. The monoisotopic (exact) mass is 360 g/mol. The Balaban J connectivity index is 1.51. The molecule has 1 unspecified atom stereocenters. The van der Waals surface area contributed by atoms with E-state index in [4.69, 9.17) is 0 Å². The van der Waals surface area contributed by atoms with Crippen molar-refractivity contribution in [2.75, 3.05) is 27.2 Å². The number of carbonyl (C=O) groups is 1. The topological polar surface area (TPSA) is 78.9 Å². The first-order valence-corrected chi connectivity index (χ1v) is 9.00. The molecule has 25 heavy (non-hydrogen) atoms. The van der Waals surface area contributed by atoms with E-state index in [-0.39, 0.29) is 5.91 Å². The summed E-state index contributed by atoms with van der Waals surface area (Å²) < 4.78 is 3.74. The van der Waals surface area contributed by atoms with Gasteiger partial charge >= 0.3 is 0 Å². The Morgan fingerprint density at radius 1 is 1.44 bits per heavy atom. The number of aliphatic hydroxyl groups is 1. The highest BCUT2D eigenvalue weighted by Crippen LogP contribution is 2.20. The van der Waals surface area contributed by atoms with Gasteiger partial charge < -0.3 is 14.9 Å². The van der Waals surface area contributed by atoms with Crippen molar-refractivity contribution in [3.05, 3.63) is 40.9 Å². The Kier molecular flexibility index (Phi) is 4.06. The highest BCUT2D eigenvalue weighted by Gasteiger charge is 2.26. The number of fused-ring (bicyclic) bond motifs is 2. The van der Waals surface area contributed by atoms with Crippen LogP contribution in [0.15, 0.2) is 23.8 Å². The predicted molar refractivity (Wildman–Crippen MR) is 93.6 cm³/mol. The summed E-state index contributed by atoms with van der Waals surface area (Å²) in [6.45, 7) is 2.20. The molecule has 1 aliphatic rings. The van der Waals surface area contributed by atoms with Gasteiger partial charge in [-0.2, -0.15) is 5.10 Å². The number of aromatic nitrogens is 4. The molecule has 1 aliphatic heterocycles. The van der Waals surface area contributed by atoms with Crippen molar-refractivity contribution < 1.29 is 9.90 Å². The van der Waals surface area contributed by atoms with Gasteiger partial charge in [0.25, 0.3) is 5.91 Å². The third-order valence-corrected chi connectivity index (χ3v) is 5.07. The average Bonchev–Trinajstić information content (AvgIpc) is 3.26. The maximum absolute atomic E-state index is 12.7. The lowest BCUT2D eigenvalue weighted by Crippen LogP contribution is -2.38. The summed E-state index contributed by atoms with van der Waals surface area (Å²) in [7, 11) is 3.82. The van der Waals surface area contributed by atoms with Gasteiger partial charge in [-0.25, -0.2) is 4.98 Å². The average molecular weight is 360 g/mol. The van der Waals surface area contributed by atoms with Gasteiger partial charge in [-0.3, -0.25) is 13.9 Å². The standard InChI is InChI=1S/C16H20N6O2S/c1-19(2)10-14(23)12-7-11-8-20(3-4-22(11)18-12)15(24)13-9-21-5-6-25-16(21)17-13/h5-7,9,14,23H,3-4,8,10H2,1-2H3. The highest BCUT2D eigenvalue weighted by atomic mass is 32.1. The van der Waals surface area contributed by atoms with Crippen LogP contribution < -0.4 is 0 Å². The zero-order valence-electron chi connectivity index (χ0n) is 14.2. The molecule has 4 rings (SSSR count). The fourth-order valence-electron chi connectivity index (χ4n) is 3.06. The molecule has 132 valence electrons. The molecule has 1 atom stereocenters. The van der Waals surface area contributed by atoms with E-state index in [0.717, 1.165) is 10.7 Å². The molecule has 0 aliphatic carbocycles. The van der Waals surface area contributed by atoms with E-state index < -0.39 is 6.10 Å². The summed E-state index contributed by atoms with van der Waals surface area (Å²) in [5.41, 5.74) is 2.06. The molecule has 0 spiro atoms. The zero-order chi connectivity index (χ0) is 17.6. The fraction of sp³-hybridized carbons (Fsp3) is 0.438. The number of thiazole rings is 1. The summed E-state index contributed by atoms with van der Waals surface area (Å²) in [4.78, 5) is 21.6. The van der Waals surface area contributed by atoms with E-state index in [9.17, 15) is 9.90 Å². The molecule has 3 aromatic heterocycles. The summed E-state index contributed by atoms with van der Waals surface area (Å²) in [6.07, 6.45) is 3.04. The summed E-state index contributed by atoms with van der Waals surface area (Å²) in [5.74, 6) is -0.0706. The van der Waals surface area contributed by atoms with Crippen LogP contribution in [0.25, 0.3) is 4.96 Å². The first kappa shape index (κ1) is 16.2. The number of likely N-dealkylation sites (N-methyl/N-ethyl adjacent to an activating group) is 1. The van der Waals surface area contributed by atoms with Gasteiger partial charge in [0.2, 0.25) is 0 Å². The van der Waals surface area contributed by atoms with Crippen molar-refractivity contribution in [1.82, 2.24) is 29.0 Å². The van der Waals surface area contributed by atoms with Crippen molar-refractivity contribution in [2.45, 2.75) is 19.2 Å². The molecule has 1 N–H and O–H groups in total. The molecule has 8 nitrogen and oxygen atoms in total. The number of rotatable bonds is 4. The minimum absolute atomic E-state index is 0.0706. The first-order valence-electron chi connectivity index (χ1n) is 8.12. The van der Waals surface area contributed by atoms with Gasteiger partial charge in [-0.1, -0.05) is 0 Å². The van der Waals surface area contributed by atoms with Crippen molar-refractivity contribution in [1.29, 1.82) is 0 Å². The second-order valence-electron chi connectivity index (χ2n) is 6.51. The highest BCUT2D eigenvalue weighted by molar-refractivity contribution is 7.15. The van der Waals surface area contributed by atoms with E-state index in [1.54, 1.807) is 11.1 Å². The van der Waals surface area contributed by atoms with Gasteiger partial charge in [-0.15, -0.1) is 11.3 Å². The minimum atomic E-state index is -0.628. The second-order valence-corrected chi connectivity index (χ2v) is 7.38. The third-order valence-electron chi connectivity index (χ3n) is 4.30. The van der Waals surface area contributed by atoms with Crippen LogP contribution >= 0.6 is 11.3 Å². The Hall–Kier alpha value is -2.23. The normalized spacial score (nSPS) is 15.8.